The molecule has 0 aliphatic carbocycles. The Labute approximate surface area is 123 Å². The summed E-state index contributed by atoms with van der Waals surface area (Å²) in [6.07, 6.45) is 0.714. The number of aliphatic hydroxyl groups excluding tert-OH is 1. The highest BCUT2D eigenvalue weighted by Crippen LogP contribution is 2.30. The van der Waals surface area contributed by atoms with Gasteiger partial charge in [0, 0.05) is 24.8 Å². The standard InChI is InChI=1S/C15H20N2O4/c1-10(2)16(7-8-18)15(21)17-6-5-11-3-4-12(14(19)20)9-13(11)17/h3-4,9-10,18H,5-8H2,1-2H3,(H,19,20). The Morgan fingerprint density at radius 2 is 2.10 bits per heavy atom. The fraction of sp³-hybridized carbons (Fsp3) is 0.467. The quantitative estimate of drug-likeness (QED) is 0.882. The Morgan fingerprint density at radius 3 is 2.67 bits per heavy atom. The van der Waals surface area contributed by atoms with Gasteiger partial charge >= 0.3 is 12.0 Å². The van der Waals surface area contributed by atoms with Crippen molar-refractivity contribution in [2.24, 2.45) is 0 Å². The number of aliphatic hydroxyl groups is 1. The summed E-state index contributed by atoms with van der Waals surface area (Å²) in [6.45, 7) is 4.48. The van der Waals surface area contributed by atoms with E-state index in [2.05, 4.69) is 0 Å². The van der Waals surface area contributed by atoms with E-state index in [0.29, 0.717) is 18.7 Å². The highest BCUT2D eigenvalue weighted by atomic mass is 16.4. The number of carbonyl (C=O) groups is 2. The number of carboxylic acids is 1. The van der Waals surface area contributed by atoms with Gasteiger partial charge < -0.3 is 15.1 Å². The first-order chi connectivity index (χ1) is 9.95. The zero-order valence-corrected chi connectivity index (χ0v) is 12.2. The maximum Gasteiger partial charge on any atom is 0.335 e. The number of hydrogen-bond donors (Lipinski definition) is 2. The molecule has 0 fully saturated rings. The normalized spacial score (nSPS) is 13.4. The van der Waals surface area contributed by atoms with Crippen LogP contribution in [-0.2, 0) is 6.42 Å². The van der Waals surface area contributed by atoms with Gasteiger partial charge in [0.1, 0.15) is 0 Å². The van der Waals surface area contributed by atoms with Crippen LogP contribution in [-0.4, -0.2) is 52.9 Å². The number of amides is 2. The first-order valence-electron chi connectivity index (χ1n) is 7.01. The molecule has 2 N–H and O–H groups in total. The van der Waals surface area contributed by atoms with E-state index in [1.807, 2.05) is 13.8 Å². The average molecular weight is 292 g/mol. The number of hydrogen-bond acceptors (Lipinski definition) is 3. The molecule has 21 heavy (non-hydrogen) atoms. The number of rotatable bonds is 4. The topological polar surface area (TPSA) is 81.1 Å². The molecule has 6 nitrogen and oxygen atoms in total. The van der Waals surface area contributed by atoms with Crippen LogP contribution in [0.2, 0.25) is 0 Å². The lowest BCUT2D eigenvalue weighted by Gasteiger charge is -2.31. The number of anilines is 1. The molecule has 2 amide bonds. The van der Waals surface area contributed by atoms with Crippen LogP contribution in [0.5, 0.6) is 0 Å². The molecular weight excluding hydrogens is 272 g/mol. The van der Waals surface area contributed by atoms with E-state index in [1.54, 1.807) is 28.0 Å². The summed E-state index contributed by atoms with van der Waals surface area (Å²) in [4.78, 5) is 26.9. The monoisotopic (exact) mass is 292 g/mol. The van der Waals surface area contributed by atoms with Gasteiger partial charge in [-0.2, -0.15) is 0 Å². The Morgan fingerprint density at radius 1 is 1.38 bits per heavy atom. The molecule has 2 rings (SSSR count). The third-order valence-electron chi connectivity index (χ3n) is 3.67. The maximum atomic E-state index is 12.6. The molecule has 6 heteroatoms. The van der Waals surface area contributed by atoms with Gasteiger partial charge in [0.05, 0.1) is 12.2 Å². The zero-order valence-electron chi connectivity index (χ0n) is 12.2. The van der Waals surface area contributed by atoms with E-state index in [1.165, 1.54) is 0 Å². The molecule has 0 unspecified atom stereocenters. The summed E-state index contributed by atoms with van der Waals surface area (Å²) in [5.74, 6) is -1.01. The fourth-order valence-electron chi connectivity index (χ4n) is 2.55. The van der Waals surface area contributed by atoms with Gasteiger partial charge in [-0.3, -0.25) is 4.90 Å². The lowest BCUT2D eigenvalue weighted by molar-refractivity contribution is 0.0697. The third-order valence-corrected chi connectivity index (χ3v) is 3.67. The van der Waals surface area contributed by atoms with Crippen LogP contribution in [0.3, 0.4) is 0 Å². The van der Waals surface area contributed by atoms with Crippen LogP contribution in [0, 0.1) is 0 Å². The number of fused-ring (bicyclic) bond motifs is 1. The second-order valence-corrected chi connectivity index (χ2v) is 5.34. The number of nitrogens with zero attached hydrogens (tertiary/aromatic N) is 2. The van der Waals surface area contributed by atoms with Gasteiger partial charge in [-0.1, -0.05) is 6.07 Å². The molecule has 114 valence electrons. The van der Waals surface area contributed by atoms with Crippen LogP contribution >= 0.6 is 0 Å². The number of carbonyl (C=O) groups excluding carboxylic acids is 1. The Hall–Kier alpha value is -2.08. The predicted molar refractivity (Wildman–Crippen MR) is 78.8 cm³/mol. The van der Waals surface area contributed by atoms with E-state index in [0.717, 1.165) is 5.56 Å². The minimum atomic E-state index is -1.01. The largest absolute Gasteiger partial charge is 0.478 e. The molecule has 0 radical (unpaired) electrons. The smallest absolute Gasteiger partial charge is 0.335 e. The minimum absolute atomic E-state index is 0.0312. The van der Waals surface area contributed by atoms with Gasteiger partial charge in [0.15, 0.2) is 0 Å². The number of urea groups is 1. The molecule has 1 aromatic rings. The summed E-state index contributed by atoms with van der Waals surface area (Å²) < 4.78 is 0. The van der Waals surface area contributed by atoms with Gasteiger partial charge in [-0.25, -0.2) is 9.59 Å². The van der Waals surface area contributed by atoms with Gasteiger partial charge in [-0.15, -0.1) is 0 Å². The molecule has 0 bridgehead atoms. The van der Waals surface area contributed by atoms with Crippen molar-refractivity contribution in [2.75, 3.05) is 24.6 Å². The zero-order chi connectivity index (χ0) is 15.6. The summed E-state index contributed by atoms with van der Waals surface area (Å²) in [5, 5.41) is 18.2. The average Bonchev–Trinajstić information content (AvgIpc) is 2.86. The highest BCUT2D eigenvalue weighted by Gasteiger charge is 2.30. The van der Waals surface area contributed by atoms with Crippen LogP contribution in [0.4, 0.5) is 10.5 Å². The van der Waals surface area contributed by atoms with Gasteiger partial charge in [0.25, 0.3) is 0 Å². The van der Waals surface area contributed by atoms with Crippen LogP contribution in [0.25, 0.3) is 0 Å². The van der Waals surface area contributed by atoms with Crippen molar-refractivity contribution in [2.45, 2.75) is 26.3 Å². The lowest BCUT2D eigenvalue weighted by Crippen LogP contribution is -2.47. The molecule has 1 heterocycles. The second kappa shape index (κ2) is 6.13. The van der Waals surface area contributed by atoms with Crippen molar-refractivity contribution in [1.29, 1.82) is 0 Å². The molecule has 0 saturated carbocycles. The second-order valence-electron chi connectivity index (χ2n) is 5.34. The molecule has 0 saturated heterocycles. The van der Waals surface area contributed by atoms with E-state index < -0.39 is 5.97 Å². The summed E-state index contributed by atoms with van der Waals surface area (Å²) >= 11 is 0. The minimum Gasteiger partial charge on any atom is -0.478 e. The Balaban J connectivity index is 2.30. The summed E-state index contributed by atoms with van der Waals surface area (Å²) in [6, 6.07) is 4.64. The molecule has 0 atom stereocenters. The van der Waals surface area contributed by atoms with Crippen LogP contribution in [0.1, 0.15) is 29.8 Å². The summed E-state index contributed by atoms with van der Waals surface area (Å²) in [5.41, 5.74) is 1.80. The SMILES string of the molecule is CC(C)N(CCO)C(=O)N1CCc2ccc(C(=O)O)cc21. The number of benzene rings is 1. The Kier molecular flexibility index (Phi) is 4.47. The van der Waals surface area contributed by atoms with Gasteiger partial charge in [0.2, 0.25) is 0 Å². The van der Waals surface area contributed by atoms with Crippen molar-refractivity contribution in [3.63, 3.8) is 0 Å². The Bertz CT molecular complexity index is 557. The fourth-order valence-corrected chi connectivity index (χ4v) is 2.55. The molecular formula is C15H20N2O4. The number of carboxylic acid groups (broad SMARTS) is 1. The molecule has 1 aliphatic rings. The van der Waals surface area contributed by atoms with Crippen molar-refractivity contribution in [1.82, 2.24) is 4.90 Å². The first kappa shape index (κ1) is 15.3. The van der Waals surface area contributed by atoms with E-state index in [-0.39, 0.29) is 30.8 Å². The molecule has 1 aliphatic heterocycles. The van der Waals surface area contributed by atoms with Crippen molar-refractivity contribution in [3.05, 3.63) is 29.3 Å². The highest BCUT2D eigenvalue weighted by molar-refractivity contribution is 5.97. The number of aromatic carboxylic acids is 1. The third kappa shape index (κ3) is 3.00. The van der Waals surface area contributed by atoms with Crippen LogP contribution < -0.4 is 4.90 Å². The van der Waals surface area contributed by atoms with Crippen LogP contribution in [0.15, 0.2) is 18.2 Å². The predicted octanol–water partition coefficient (Wildman–Crippen LogP) is 1.57. The van der Waals surface area contributed by atoms with E-state index in [9.17, 15) is 9.59 Å². The summed E-state index contributed by atoms with van der Waals surface area (Å²) in [7, 11) is 0. The molecule has 0 aromatic heterocycles. The van der Waals surface area contributed by atoms with Gasteiger partial charge in [-0.05, 0) is 38.0 Å². The first-order valence-corrected chi connectivity index (χ1v) is 7.01. The van der Waals surface area contributed by atoms with Crippen molar-refractivity contribution < 1.29 is 19.8 Å². The van der Waals surface area contributed by atoms with E-state index >= 15 is 0 Å². The van der Waals surface area contributed by atoms with E-state index in [4.69, 9.17) is 10.2 Å². The molecule has 0 spiro atoms. The van der Waals surface area contributed by atoms with Crippen molar-refractivity contribution in [3.8, 4) is 0 Å². The maximum absolute atomic E-state index is 12.6. The van der Waals surface area contributed by atoms with Crippen molar-refractivity contribution >= 4 is 17.7 Å². The lowest BCUT2D eigenvalue weighted by atomic mass is 10.1. The molecule has 1 aromatic carbocycles.